The number of carbonyl (C=O) groups is 1. The topological polar surface area (TPSA) is 87.3 Å². The number of benzene rings is 1. The highest BCUT2D eigenvalue weighted by atomic mass is 16.5. The van der Waals surface area contributed by atoms with Crippen LogP contribution in [0.25, 0.3) is 11.8 Å². The molecule has 0 radical (unpaired) electrons. The third-order valence-corrected chi connectivity index (χ3v) is 3.86. The van der Waals surface area contributed by atoms with Gasteiger partial charge < -0.3 is 19.7 Å². The number of nitrogens with one attached hydrogen (secondary N) is 1. The van der Waals surface area contributed by atoms with Crippen LogP contribution in [0, 0.1) is 25.2 Å². The number of nitrogens with zero attached hydrogens (tertiary/aromatic N) is 2. The average Bonchev–Trinajstić information content (AvgIpc) is 2.91. The molecule has 0 unspecified atom stereocenters. The zero-order valence-corrected chi connectivity index (χ0v) is 14.5. The van der Waals surface area contributed by atoms with E-state index in [2.05, 4.69) is 5.32 Å². The number of aryl methyl sites for hydroxylation is 1. The number of aliphatic hydroxyl groups is 1. The normalized spacial score (nSPS) is 11.1. The molecule has 0 spiro atoms. The number of ether oxygens (including phenoxy) is 1. The van der Waals surface area contributed by atoms with Crippen LogP contribution in [0.15, 0.2) is 35.9 Å². The van der Waals surface area contributed by atoms with Gasteiger partial charge in [-0.3, -0.25) is 4.79 Å². The minimum absolute atomic E-state index is 0.00318. The molecule has 25 heavy (non-hydrogen) atoms. The number of hydrogen-bond acceptors (Lipinski definition) is 4. The van der Waals surface area contributed by atoms with Gasteiger partial charge in [0.2, 0.25) is 0 Å². The Bertz CT molecular complexity index is 827. The van der Waals surface area contributed by atoms with Gasteiger partial charge in [0.05, 0.1) is 13.7 Å². The Morgan fingerprint density at radius 1 is 1.36 bits per heavy atom. The molecule has 1 amide bonds. The Kier molecular flexibility index (Phi) is 5.98. The third kappa shape index (κ3) is 4.08. The third-order valence-electron chi connectivity index (χ3n) is 3.86. The quantitative estimate of drug-likeness (QED) is 0.623. The number of carbonyl (C=O) groups excluding carboxylic acids is 1. The highest BCUT2D eigenvalue weighted by Gasteiger charge is 2.13. The van der Waals surface area contributed by atoms with Crippen molar-refractivity contribution in [2.24, 2.45) is 0 Å². The number of aliphatic hydroxyl groups excluding tert-OH is 1. The zero-order valence-electron chi connectivity index (χ0n) is 14.5. The van der Waals surface area contributed by atoms with Crippen molar-refractivity contribution in [1.29, 1.82) is 5.26 Å². The number of aromatic nitrogens is 1. The second kappa shape index (κ2) is 8.18. The molecule has 6 heteroatoms. The molecule has 0 bridgehead atoms. The highest BCUT2D eigenvalue weighted by Crippen LogP contribution is 2.24. The van der Waals surface area contributed by atoms with Crippen LogP contribution in [0.3, 0.4) is 0 Å². The van der Waals surface area contributed by atoms with E-state index in [9.17, 15) is 10.1 Å². The van der Waals surface area contributed by atoms with E-state index in [1.165, 1.54) is 0 Å². The van der Waals surface area contributed by atoms with E-state index in [0.29, 0.717) is 0 Å². The molecule has 0 saturated heterocycles. The van der Waals surface area contributed by atoms with Gasteiger partial charge in [-0.15, -0.1) is 0 Å². The van der Waals surface area contributed by atoms with Gasteiger partial charge in [-0.25, -0.2) is 0 Å². The first-order valence-electron chi connectivity index (χ1n) is 7.86. The number of nitriles is 1. The standard InChI is InChI=1S/C19H21N3O3/c1-13-10-15(11-16(12-20)19(24)21-8-9-23)14(2)22(13)17-4-6-18(25-3)7-5-17/h4-7,10-11,23H,8-9H2,1-3H3,(H,21,24)/b16-11-. The lowest BCUT2D eigenvalue weighted by atomic mass is 10.1. The van der Waals surface area contributed by atoms with Crippen molar-refractivity contribution in [3.63, 3.8) is 0 Å². The second-order valence-corrected chi connectivity index (χ2v) is 5.51. The largest absolute Gasteiger partial charge is 0.497 e. The molecule has 0 aliphatic rings. The molecule has 0 aliphatic heterocycles. The lowest BCUT2D eigenvalue weighted by Gasteiger charge is -2.10. The summed E-state index contributed by atoms with van der Waals surface area (Å²) >= 11 is 0. The van der Waals surface area contributed by atoms with E-state index in [0.717, 1.165) is 28.4 Å². The maximum Gasteiger partial charge on any atom is 0.262 e. The lowest BCUT2D eigenvalue weighted by molar-refractivity contribution is -0.117. The molecule has 0 fully saturated rings. The van der Waals surface area contributed by atoms with Gasteiger partial charge in [-0.05, 0) is 55.8 Å². The smallest absolute Gasteiger partial charge is 0.262 e. The highest BCUT2D eigenvalue weighted by molar-refractivity contribution is 6.01. The summed E-state index contributed by atoms with van der Waals surface area (Å²) in [4.78, 5) is 11.9. The van der Waals surface area contributed by atoms with Gasteiger partial charge in [0.1, 0.15) is 17.4 Å². The van der Waals surface area contributed by atoms with Crippen molar-refractivity contribution in [3.8, 4) is 17.5 Å². The van der Waals surface area contributed by atoms with Crippen molar-refractivity contribution in [2.75, 3.05) is 20.3 Å². The summed E-state index contributed by atoms with van der Waals surface area (Å²) in [5, 5.41) is 20.5. The molecule has 0 atom stereocenters. The Labute approximate surface area is 147 Å². The van der Waals surface area contributed by atoms with Crippen LogP contribution in [0.1, 0.15) is 17.0 Å². The first-order chi connectivity index (χ1) is 12.0. The van der Waals surface area contributed by atoms with Crippen LogP contribution in [0.5, 0.6) is 5.75 Å². The van der Waals surface area contributed by atoms with E-state index in [1.54, 1.807) is 13.2 Å². The first-order valence-corrected chi connectivity index (χ1v) is 7.86. The summed E-state index contributed by atoms with van der Waals surface area (Å²) < 4.78 is 7.23. The van der Waals surface area contributed by atoms with Crippen LogP contribution < -0.4 is 10.1 Å². The number of amides is 1. The molecule has 6 nitrogen and oxygen atoms in total. The maximum atomic E-state index is 11.9. The van der Waals surface area contributed by atoms with Crippen LogP contribution in [-0.2, 0) is 4.79 Å². The van der Waals surface area contributed by atoms with Crippen LogP contribution in [0.4, 0.5) is 0 Å². The SMILES string of the molecule is COc1ccc(-n2c(C)cc(/C=C(/C#N)C(=O)NCCO)c2C)cc1. The van der Waals surface area contributed by atoms with Crippen LogP contribution in [0.2, 0.25) is 0 Å². The van der Waals surface area contributed by atoms with E-state index in [4.69, 9.17) is 9.84 Å². The van der Waals surface area contributed by atoms with E-state index in [1.807, 2.05) is 54.8 Å². The Morgan fingerprint density at radius 2 is 2.04 bits per heavy atom. The molecule has 1 aromatic heterocycles. The molecule has 130 valence electrons. The maximum absolute atomic E-state index is 11.9. The Hall–Kier alpha value is -3.04. The molecule has 1 aromatic carbocycles. The summed E-state index contributed by atoms with van der Waals surface area (Å²) in [5.74, 6) is 0.282. The molecule has 1 heterocycles. The average molecular weight is 339 g/mol. The fraction of sp³-hybridized carbons (Fsp3) is 0.263. The fourth-order valence-corrected chi connectivity index (χ4v) is 2.63. The van der Waals surface area contributed by atoms with E-state index < -0.39 is 5.91 Å². The summed E-state index contributed by atoms with van der Waals surface area (Å²) in [6.07, 6.45) is 1.56. The van der Waals surface area contributed by atoms with Crippen molar-refractivity contribution in [3.05, 3.63) is 52.9 Å². The molecule has 2 rings (SSSR count). The Balaban J connectivity index is 2.39. The van der Waals surface area contributed by atoms with Gasteiger partial charge in [0.25, 0.3) is 5.91 Å². The molecular weight excluding hydrogens is 318 g/mol. The van der Waals surface area contributed by atoms with Crippen molar-refractivity contribution >= 4 is 12.0 Å². The first kappa shape index (κ1) is 18.3. The second-order valence-electron chi connectivity index (χ2n) is 5.51. The van der Waals surface area contributed by atoms with Gasteiger partial charge in [0, 0.05) is 23.6 Å². The molecular formula is C19H21N3O3. The predicted octanol–water partition coefficient (Wildman–Crippen LogP) is 2.12. The van der Waals surface area contributed by atoms with Gasteiger partial charge >= 0.3 is 0 Å². The molecule has 2 aromatic rings. The summed E-state index contributed by atoms with van der Waals surface area (Å²) in [7, 11) is 1.62. The van der Waals surface area contributed by atoms with Crippen molar-refractivity contribution in [1.82, 2.24) is 9.88 Å². The molecule has 0 saturated carbocycles. The van der Waals surface area contributed by atoms with Crippen LogP contribution >= 0.6 is 0 Å². The van der Waals surface area contributed by atoms with E-state index >= 15 is 0 Å². The van der Waals surface area contributed by atoms with Crippen molar-refractivity contribution < 1.29 is 14.6 Å². The van der Waals surface area contributed by atoms with Crippen LogP contribution in [-0.4, -0.2) is 35.8 Å². The monoisotopic (exact) mass is 339 g/mol. The summed E-state index contributed by atoms with van der Waals surface area (Å²) in [6, 6.07) is 11.5. The van der Waals surface area contributed by atoms with Gasteiger partial charge in [-0.2, -0.15) is 5.26 Å². The number of methoxy groups -OCH3 is 1. The summed E-state index contributed by atoms with van der Waals surface area (Å²) in [5.41, 5.74) is 3.68. The number of rotatable bonds is 6. The van der Waals surface area contributed by atoms with Gasteiger partial charge in [-0.1, -0.05) is 0 Å². The molecule has 0 aliphatic carbocycles. The van der Waals surface area contributed by atoms with Crippen molar-refractivity contribution in [2.45, 2.75) is 13.8 Å². The zero-order chi connectivity index (χ0) is 18.4. The summed E-state index contributed by atoms with van der Waals surface area (Å²) in [6.45, 7) is 3.84. The molecule has 2 N–H and O–H groups in total. The minimum atomic E-state index is -0.495. The van der Waals surface area contributed by atoms with E-state index in [-0.39, 0.29) is 18.7 Å². The lowest BCUT2D eigenvalue weighted by Crippen LogP contribution is -2.27. The minimum Gasteiger partial charge on any atom is -0.497 e. The van der Waals surface area contributed by atoms with Gasteiger partial charge in [0.15, 0.2) is 0 Å². The fourth-order valence-electron chi connectivity index (χ4n) is 2.63. The Morgan fingerprint density at radius 3 is 2.60 bits per heavy atom. The number of hydrogen-bond donors (Lipinski definition) is 2. The predicted molar refractivity (Wildman–Crippen MR) is 95.5 cm³/mol.